The van der Waals surface area contributed by atoms with Crippen LogP contribution in [0, 0.1) is 0 Å². The van der Waals surface area contributed by atoms with Crippen LogP contribution < -0.4 is 10.9 Å². The Balaban J connectivity index is 2.66. The van der Waals surface area contributed by atoms with Crippen LogP contribution in [0.5, 0.6) is 0 Å². The summed E-state index contributed by atoms with van der Waals surface area (Å²) in [5.74, 6) is -0.426. The summed E-state index contributed by atoms with van der Waals surface area (Å²) in [6.45, 7) is 0.0364. The molecule has 0 fully saturated rings. The van der Waals surface area contributed by atoms with Crippen molar-refractivity contribution in [2.24, 2.45) is 0 Å². The highest BCUT2D eigenvalue weighted by Gasteiger charge is 2.04. The highest BCUT2D eigenvalue weighted by Crippen LogP contribution is 1.86. The molecule has 1 amide bonds. The van der Waals surface area contributed by atoms with Crippen LogP contribution in [0.3, 0.4) is 0 Å². The van der Waals surface area contributed by atoms with E-state index in [4.69, 9.17) is 5.11 Å². The molecule has 0 saturated heterocycles. The van der Waals surface area contributed by atoms with Crippen LogP contribution in [0.1, 0.15) is 10.5 Å². The molecule has 0 aliphatic rings. The van der Waals surface area contributed by atoms with Gasteiger partial charge in [-0.25, -0.2) is 5.10 Å². The number of hydrogen-bond donors (Lipinski definition) is 3. The third-order valence-electron chi connectivity index (χ3n) is 1.31. The van der Waals surface area contributed by atoms with E-state index in [1.54, 1.807) is 0 Å². The van der Waals surface area contributed by atoms with Gasteiger partial charge >= 0.3 is 0 Å². The Labute approximate surface area is 73.6 Å². The maximum Gasteiger partial charge on any atom is 0.271 e. The fraction of sp³-hybridized carbons (Fsp3) is 0.286. The van der Waals surface area contributed by atoms with Crippen molar-refractivity contribution in [1.29, 1.82) is 0 Å². The van der Waals surface area contributed by atoms with Crippen molar-refractivity contribution in [2.75, 3.05) is 13.2 Å². The molecule has 13 heavy (non-hydrogen) atoms. The lowest BCUT2D eigenvalue weighted by Crippen LogP contribution is -2.28. The van der Waals surface area contributed by atoms with Crippen molar-refractivity contribution in [3.63, 3.8) is 0 Å². The maximum atomic E-state index is 11.1. The van der Waals surface area contributed by atoms with Crippen molar-refractivity contribution >= 4 is 5.91 Å². The molecule has 0 aliphatic carbocycles. The molecule has 3 N–H and O–H groups in total. The molecule has 0 saturated carbocycles. The molecule has 1 heterocycles. The summed E-state index contributed by atoms with van der Waals surface area (Å²) in [5, 5.41) is 16.4. The first kappa shape index (κ1) is 9.40. The highest BCUT2D eigenvalue weighted by atomic mass is 16.3. The molecule has 0 radical (unpaired) electrons. The number of carbonyl (C=O) groups excluding carboxylic acids is 1. The smallest absolute Gasteiger partial charge is 0.271 e. The monoisotopic (exact) mass is 183 g/mol. The Bertz CT molecular complexity index is 327. The molecule has 6 nitrogen and oxygen atoms in total. The average Bonchev–Trinajstić information content (AvgIpc) is 2.15. The minimum absolute atomic E-state index is 0.119. The number of carbonyl (C=O) groups is 1. The molecule has 1 rings (SSSR count). The molecule has 0 atom stereocenters. The average molecular weight is 183 g/mol. The van der Waals surface area contributed by atoms with Gasteiger partial charge in [0.1, 0.15) is 5.69 Å². The van der Waals surface area contributed by atoms with E-state index in [9.17, 15) is 9.59 Å². The van der Waals surface area contributed by atoms with Crippen LogP contribution in [0.15, 0.2) is 16.9 Å². The molecule has 1 aromatic rings. The quantitative estimate of drug-likeness (QED) is 0.531. The van der Waals surface area contributed by atoms with Crippen LogP contribution >= 0.6 is 0 Å². The third-order valence-corrected chi connectivity index (χ3v) is 1.31. The SMILES string of the molecule is O=C(NCCO)c1ccc(=O)[nH]n1. The van der Waals surface area contributed by atoms with E-state index in [2.05, 4.69) is 15.5 Å². The highest BCUT2D eigenvalue weighted by molar-refractivity contribution is 5.91. The van der Waals surface area contributed by atoms with E-state index in [1.165, 1.54) is 12.1 Å². The first-order chi connectivity index (χ1) is 6.24. The van der Waals surface area contributed by atoms with Crippen molar-refractivity contribution in [2.45, 2.75) is 0 Å². The van der Waals surface area contributed by atoms with E-state index in [1.807, 2.05) is 0 Å². The Hall–Kier alpha value is -1.69. The standard InChI is InChI=1S/C7H9N3O3/c11-4-3-8-7(13)5-1-2-6(12)10-9-5/h1-2,11H,3-4H2,(H,8,13)(H,10,12). The van der Waals surface area contributed by atoms with E-state index in [0.29, 0.717) is 0 Å². The summed E-state index contributed by atoms with van der Waals surface area (Å²) >= 11 is 0. The molecular weight excluding hydrogens is 174 g/mol. The number of hydrogen-bond acceptors (Lipinski definition) is 4. The number of aromatic nitrogens is 2. The number of nitrogens with zero attached hydrogens (tertiary/aromatic N) is 1. The number of H-pyrrole nitrogens is 1. The normalized spacial score (nSPS) is 9.62. The number of aromatic amines is 1. The van der Waals surface area contributed by atoms with Crippen molar-refractivity contribution in [3.05, 3.63) is 28.2 Å². The van der Waals surface area contributed by atoms with Crippen LogP contribution in [0.2, 0.25) is 0 Å². The second-order valence-electron chi connectivity index (χ2n) is 2.29. The van der Waals surface area contributed by atoms with E-state index in [-0.39, 0.29) is 24.4 Å². The van der Waals surface area contributed by atoms with Crippen molar-refractivity contribution in [1.82, 2.24) is 15.5 Å². The minimum atomic E-state index is -0.426. The van der Waals surface area contributed by atoms with Gasteiger partial charge in [0.25, 0.3) is 11.5 Å². The topological polar surface area (TPSA) is 95.1 Å². The summed E-state index contributed by atoms with van der Waals surface area (Å²) < 4.78 is 0. The first-order valence-electron chi connectivity index (χ1n) is 3.69. The van der Waals surface area contributed by atoms with Crippen LogP contribution in [0.4, 0.5) is 0 Å². The third kappa shape index (κ3) is 2.68. The largest absolute Gasteiger partial charge is 0.395 e. The van der Waals surface area contributed by atoms with Gasteiger partial charge in [0, 0.05) is 12.6 Å². The number of nitrogens with one attached hydrogen (secondary N) is 2. The lowest BCUT2D eigenvalue weighted by molar-refractivity contribution is 0.0938. The predicted molar refractivity (Wildman–Crippen MR) is 44.3 cm³/mol. The van der Waals surface area contributed by atoms with E-state index >= 15 is 0 Å². The zero-order chi connectivity index (χ0) is 9.68. The van der Waals surface area contributed by atoms with Gasteiger partial charge < -0.3 is 10.4 Å². The van der Waals surface area contributed by atoms with Crippen molar-refractivity contribution < 1.29 is 9.90 Å². The molecular formula is C7H9N3O3. The van der Waals surface area contributed by atoms with Gasteiger partial charge in [-0.2, -0.15) is 5.10 Å². The number of rotatable bonds is 3. The molecule has 0 unspecified atom stereocenters. The van der Waals surface area contributed by atoms with Crippen molar-refractivity contribution in [3.8, 4) is 0 Å². The maximum absolute atomic E-state index is 11.1. The van der Waals surface area contributed by atoms with Gasteiger partial charge in [-0.15, -0.1) is 0 Å². The molecule has 70 valence electrons. The summed E-state index contributed by atoms with van der Waals surface area (Å²) in [5.41, 5.74) is -0.244. The number of aliphatic hydroxyl groups excluding tert-OH is 1. The second-order valence-corrected chi connectivity index (χ2v) is 2.29. The van der Waals surface area contributed by atoms with Crippen LogP contribution in [-0.4, -0.2) is 34.4 Å². The summed E-state index contributed by atoms with van der Waals surface area (Å²) in [6.07, 6.45) is 0. The zero-order valence-electron chi connectivity index (χ0n) is 6.78. The first-order valence-corrected chi connectivity index (χ1v) is 3.69. The summed E-state index contributed by atoms with van der Waals surface area (Å²) in [7, 11) is 0. The molecule has 0 spiro atoms. The molecule has 0 aliphatic heterocycles. The number of aliphatic hydroxyl groups is 1. The molecule has 1 aromatic heterocycles. The zero-order valence-corrected chi connectivity index (χ0v) is 6.78. The van der Waals surface area contributed by atoms with Gasteiger partial charge in [0.2, 0.25) is 0 Å². The summed E-state index contributed by atoms with van der Waals surface area (Å²) in [6, 6.07) is 2.52. The Morgan fingerprint density at radius 1 is 1.62 bits per heavy atom. The van der Waals surface area contributed by atoms with Gasteiger partial charge in [-0.3, -0.25) is 9.59 Å². The van der Waals surface area contributed by atoms with Crippen LogP contribution in [0.25, 0.3) is 0 Å². The van der Waals surface area contributed by atoms with Gasteiger partial charge in [-0.05, 0) is 6.07 Å². The Morgan fingerprint density at radius 3 is 2.92 bits per heavy atom. The van der Waals surface area contributed by atoms with E-state index < -0.39 is 5.91 Å². The lowest BCUT2D eigenvalue weighted by Gasteiger charge is -2.00. The fourth-order valence-electron chi connectivity index (χ4n) is 0.731. The van der Waals surface area contributed by atoms with Gasteiger partial charge in [0.15, 0.2) is 0 Å². The van der Waals surface area contributed by atoms with Crippen LogP contribution in [-0.2, 0) is 0 Å². The second kappa shape index (κ2) is 4.36. The summed E-state index contributed by atoms with van der Waals surface area (Å²) in [4.78, 5) is 21.7. The lowest BCUT2D eigenvalue weighted by atomic mass is 10.3. The molecule has 0 aromatic carbocycles. The van der Waals surface area contributed by atoms with Gasteiger partial charge in [0.05, 0.1) is 6.61 Å². The Kier molecular flexibility index (Phi) is 3.15. The fourth-order valence-corrected chi connectivity index (χ4v) is 0.731. The molecule has 0 bridgehead atoms. The number of amides is 1. The predicted octanol–water partition coefficient (Wildman–Crippen LogP) is -1.51. The minimum Gasteiger partial charge on any atom is -0.395 e. The molecule has 6 heteroatoms. The Morgan fingerprint density at radius 2 is 2.38 bits per heavy atom. The van der Waals surface area contributed by atoms with E-state index in [0.717, 1.165) is 0 Å². The van der Waals surface area contributed by atoms with Gasteiger partial charge in [-0.1, -0.05) is 0 Å².